The number of carbonyl (C=O) groups is 1. The number of benzene rings is 2. The van der Waals surface area contributed by atoms with Gasteiger partial charge >= 0.3 is 12.1 Å². The third-order valence-corrected chi connectivity index (χ3v) is 5.72. The Kier molecular flexibility index (Phi) is 7.94. The van der Waals surface area contributed by atoms with Crippen molar-refractivity contribution in [2.24, 2.45) is 5.92 Å². The lowest BCUT2D eigenvalue weighted by molar-refractivity contribution is -0.137. The zero-order valence-corrected chi connectivity index (χ0v) is 17.9. The fraction of sp³-hybridized carbons (Fsp3) is 0.381. The smallest absolute Gasteiger partial charge is 0.416 e. The van der Waals surface area contributed by atoms with Gasteiger partial charge in [-0.2, -0.15) is 13.2 Å². The molecule has 0 fully saturated rings. The fourth-order valence-corrected chi connectivity index (χ4v) is 3.86. The second-order valence-electron chi connectivity index (χ2n) is 7.46. The Morgan fingerprint density at radius 3 is 2.32 bits per heavy atom. The molecule has 0 aromatic heterocycles. The van der Waals surface area contributed by atoms with Crippen LogP contribution in [-0.4, -0.2) is 25.2 Å². The van der Waals surface area contributed by atoms with E-state index in [0.29, 0.717) is 24.3 Å². The average molecular weight is 459 g/mol. The van der Waals surface area contributed by atoms with Gasteiger partial charge in [0.25, 0.3) is 0 Å². The molecule has 0 aliphatic carbocycles. The molecular formula is C21H24F3NO5S. The Balaban J connectivity index is 2.22. The molecule has 0 aliphatic rings. The van der Waals surface area contributed by atoms with Crippen molar-refractivity contribution in [1.82, 2.24) is 0 Å². The SMILES string of the molecule is CC(C)CCCS(=O)(=O)Nc1ccc(C(F)(F)F)cc1OCc1ccc(C(=O)O)cc1. The summed E-state index contributed by atoms with van der Waals surface area (Å²) in [5.41, 5.74) is -0.517. The first-order valence-corrected chi connectivity index (χ1v) is 11.2. The van der Waals surface area contributed by atoms with Gasteiger partial charge < -0.3 is 9.84 Å². The topological polar surface area (TPSA) is 92.7 Å². The van der Waals surface area contributed by atoms with Gasteiger partial charge in [-0.15, -0.1) is 0 Å². The lowest BCUT2D eigenvalue weighted by Crippen LogP contribution is -2.18. The van der Waals surface area contributed by atoms with Gasteiger partial charge in [-0.05, 0) is 54.7 Å². The summed E-state index contributed by atoms with van der Waals surface area (Å²) in [6.45, 7) is 3.75. The average Bonchev–Trinajstić information content (AvgIpc) is 2.65. The number of nitrogens with one attached hydrogen (secondary N) is 1. The van der Waals surface area contributed by atoms with E-state index in [2.05, 4.69) is 4.72 Å². The number of aromatic carboxylic acids is 1. The molecule has 0 atom stereocenters. The molecule has 2 aromatic carbocycles. The number of rotatable bonds is 10. The number of anilines is 1. The van der Waals surface area contributed by atoms with Crippen LogP contribution >= 0.6 is 0 Å². The third kappa shape index (κ3) is 7.78. The number of sulfonamides is 1. The van der Waals surface area contributed by atoms with Gasteiger partial charge in [0.2, 0.25) is 10.0 Å². The number of hydrogen-bond donors (Lipinski definition) is 2. The number of carboxylic acid groups (broad SMARTS) is 1. The number of hydrogen-bond acceptors (Lipinski definition) is 4. The van der Waals surface area contributed by atoms with Crippen LogP contribution in [0, 0.1) is 5.92 Å². The summed E-state index contributed by atoms with van der Waals surface area (Å²) in [5.74, 6) is -1.22. The highest BCUT2D eigenvalue weighted by Crippen LogP contribution is 2.36. The third-order valence-electron chi connectivity index (χ3n) is 4.36. The van der Waals surface area contributed by atoms with Crippen molar-refractivity contribution in [3.05, 3.63) is 59.2 Å². The van der Waals surface area contributed by atoms with E-state index in [0.717, 1.165) is 18.2 Å². The maximum Gasteiger partial charge on any atom is 0.416 e. The van der Waals surface area contributed by atoms with Gasteiger partial charge in [0.05, 0.1) is 22.6 Å². The molecule has 0 heterocycles. The monoisotopic (exact) mass is 459 g/mol. The summed E-state index contributed by atoms with van der Waals surface area (Å²) in [4.78, 5) is 10.9. The predicted molar refractivity (Wildman–Crippen MR) is 111 cm³/mol. The Morgan fingerprint density at radius 2 is 1.77 bits per heavy atom. The molecule has 0 aliphatic heterocycles. The molecular weight excluding hydrogens is 435 g/mol. The zero-order chi connectivity index (χ0) is 23.2. The lowest BCUT2D eigenvalue weighted by atomic mass is 10.1. The van der Waals surface area contributed by atoms with Crippen LogP contribution in [0.1, 0.15) is 48.2 Å². The van der Waals surface area contributed by atoms with Crippen molar-refractivity contribution in [2.75, 3.05) is 10.5 Å². The number of ether oxygens (including phenoxy) is 1. The summed E-state index contributed by atoms with van der Waals surface area (Å²) in [6.07, 6.45) is -3.51. The standard InChI is InChI=1S/C21H24F3NO5S/c1-14(2)4-3-11-31(28,29)25-18-10-9-17(21(22,23)24)12-19(18)30-13-15-5-7-16(8-6-15)20(26)27/h5-10,12,14,25H,3-4,11,13H2,1-2H3,(H,26,27). The summed E-state index contributed by atoms with van der Waals surface area (Å²) >= 11 is 0. The van der Waals surface area contributed by atoms with Gasteiger partial charge in [-0.3, -0.25) is 4.72 Å². The first-order chi connectivity index (χ1) is 14.4. The molecule has 6 nitrogen and oxygen atoms in total. The largest absolute Gasteiger partial charge is 0.487 e. The molecule has 2 aromatic rings. The number of alkyl halides is 3. The van der Waals surface area contributed by atoms with Crippen molar-refractivity contribution in [2.45, 2.75) is 39.5 Å². The van der Waals surface area contributed by atoms with Crippen molar-refractivity contribution in [1.29, 1.82) is 0 Å². The fourth-order valence-electron chi connectivity index (χ4n) is 2.71. The van der Waals surface area contributed by atoms with E-state index < -0.39 is 27.7 Å². The van der Waals surface area contributed by atoms with Crippen LogP contribution in [0.2, 0.25) is 0 Å². The molecule has 0 saturated carbocycles. The van der Waals surface area contributed by atoms with Gasteiger partial charge in [-0.1, -0.05) is 26.0 Å². The zero-order valence-electron chi connectivity index (χ0n) is 17.1. The first-order valence-electron chi connectivity index (χ1n) is 9.54. The van der Waals surface area contributed by atoms with Gasteiger partial charge in [-0.25, -0.2) is 13.2 Å². The molecule has 0 radical (unpaired) electrons. The summed E-state index contributed by atoms with van der Waals surface area (Å²) in [7, 11) is -3.78. The molecule has 0 amide bonds. The van der Waals surface area contributed by atoms with Gasteiger partial charge in [0.1, 0.15) is 12.4 Å². The minimum Gasteiger partial charge on any atom is -0.487 e. The van der Waals surface area contributed by atoms with Gasteiger partial charge in [0, 0.05) is 0 Å². The van der Waals surface area contributed by atoms with Crippen LogP contribution in [0.3, 0.4) is 0 Å². The second-order valence-corrected chi connectivity index (χ2v) is 9.30. The van der Waals surface area contributed by atoms with E-state index in [1.165, 1.54) is 24.3 Å². The summed E-state index contributed by atoms with van der Waals surface area (Å²) in [6, 6.07) is 8.14. The maximum absolute atomic E-state index is 13.1. The van der Waals surface area contributed by atoms with Crippen LogP contribution in [0.15, 0.2) is 42.5 Å². The van der Waals surface area contributed by atoms with Crippen molar-refractivity contribution in [3.63, 3.8) is 0 Å². The van der Waals surface area contributed by atoms with Crippen LogP contribution < -0.4 is 9.46 Å². The molecule has 0 spiro atoms. The Hall–Kier alpha value is -2.75. The minimum atomic E-state index is -4.63. The maximum atomic E-state index is 13.1. The molecule has 2 N–H and O–H groups in total. The normalized spacial score (nSPS) is 12.1. The van der Waals surface area contributed by atoms with Gasteiger partial charge in [0.15, 0.2) is 0 Å². The molecule has 10 heteroatoms. The predicted octanol–water partition coefficient (Wildman–Crippen LogP) is 5.16. The first kappa shape index (κ1) is 24.5. The summed E-state index contributed by atoms with van der Waals surface area (Å²) in [5, 5.41) is 8.92. The molecule has 0 bridgehead atoms. The van der Waals surface area contributed by atoms with E-state index >= 15 is 0 Å². The number of halogens is 3. The minimum absolute atomic E-state index is 0.0534. The highest BCUT2D eigenvalue weighted by Gasteiger charge is 2.31. The summed E-state index contributed by atoms with van der Waals surface area (Å²) < 4.78 is 71.8. The highest BCUT2D eigenvalue weighted by molar-refractivity contribution is 7.92. The van der Waals surface area contributed by atoms with Crippen LogP contribution in [0.4, 0.5) is 18.9 Å². The van der Waals surface area contributed by atoms with E-state index in [-0.39, 0.29) is 29.4 Å². The van der Waals surface area contributed by atoms with Crippen LogP contribution in [-0.2, 0) is 22.8 Å². The van der Waals surface area contributed by atoms with Crippen molar-refractivity contribution in [3.8, 4) is 5.75 Å². The highest BCUT2D eigenvalue weighted by atomic mass is 32.2. The molecule has 0 unspecified atom stereocenters. The van der Waals surface area contributed by atoms with E-state index in [1.807, 2.05) is 13.8 Å². The van der Waals surface area contributed by atoms with E-state index in [9.17, 15) is 26.4 Å². The molecule has 170 valence electrons. The van der Waals surface area contributed by atoms with E-state index in [4.69, 9.17) is 9.84 Å². The Bertz CT molecular complexity index is 1000. The Morgan fingerprint density at radius 1 is 1.13 bits per heavy atom. The van der Waals surface area contributed by atoms with Crippen molar-refractivity contribution < 1.29 is 36.2 Å². The molecule has 31 heavy (non-hydrogen) atoms. The Labute approximate surface area is 179 Å². The molecule has 0 saturated heterocycles. The lowest BCUT2D eigenvalue weighted by Gasteiger charge is -2.16. The quantitative estimate of drug-likeness (QED) is 0.512. The molecule has 2 rings (SSSR count). The van der Waals surface area contributed by atoms with Crippen molar-refractivity contribution >= 4 is 21.7 Å². The van der Waals surface area contributed by atoms with Crippen LogP contribution in [0.25, 0.3) is 0 Å². The number of carboxylic acids is 1. The second kappa shape index (κ2) is 10.0. The van der Waals surface area contributed by atoms with Crippen LogP contribution in [0.5, 0.6) is 5.75 Å². The van der Waals surface area contributed by atoms with E-state index in [1.54, 1.807) is 0 Å².